The Morgan fingerprint density at radius 1 is 1.00 bits per heavy atom. The Balaban J connectivity index is 1.93. The molecule has 0 heterocycles. The van der Waals surface area contributed by atoms with Gasteiger partial charge >= 0.3 is 0 Å². The molecule has 1 aliphatic carbocycles. The third-order valence-electron chi connectivity index (χ3n) is 6.06. The van der Waals surface area contributed by atoms with Crippen LogP contribution in [0.3, 0.4) is 0 Å². The number of halogens is 4. The first-order valence-electron chi connectivity index (χ1n) is 11.3. The summed E-state index contributed by atoms with van der Waals surface area (Å²) in [5, 5.41) is 4.02. The van der Waals surface area contributed by atoms with Crippen molar-refractivity contribution in [3.05, 3.63) is 62.1 Å². The monoisotopic (exact) mass is 593 g/mol. The van der Waals surface area contributed by atoms with Gasteiger partial charge < -0.3 is 10.2 Å². The van der Waals surface area contributed by atoms with E-state index in [9.17, 15) is 18.0 Å². The number of hydrogen-bond donors (Lipinski definition) is 1. The topological polar surface area (TPSA) is 86.8 Å². The van der Waals surface area contributed by atoms with Crippen molar-refractivity contribution in [1.29, 1.82) is 0 Å². The summed E-state index contributed by atoms with van der Waals surface area (Å²) < 4.78 is 26.2. The Kier molecular flexibility index (Phi) is 9.80. The Bertz CT molecular complexity index is 1240. The molecule has 7 nitrogen and oxygen atoms in total. The molecule has 12 heteroatoms. The van der Waals surface area contributed by atoms with Gasteiger partial charge in [-0.1, -0.05) is 65.3 Å². The van der Waals surface area contributed by atoms with Gasteiger partial charge in [0.15, 0.2) is 0 Å². The molecule has 2 amide bonds. The van der Waals surface area contributed by atoms with Gasteiger partial charge in [0.25, 0.3) is 0 Å². The highest BCUT2D eigenvalue weighted by Crippen LogP contribution is 2.31. The molecular weight excluding hydrogens is 568 g/mol. The molecule has 0 unspecified atom stereocenters. The first kappa shape index (κ1) is 28.9. The molecule has 1 aliphatic rings. The van der Waals surface area contributed by atoms with Gasteiger partial charge in [0.2, 0.25) is 21.8 Å². The van der Waals surface area contributed by atoms with E-state index in [1.807, 2.05) is 0 Å². The summed E-state index contributed by atoms with van der Waals surface area (Å²) in [5.74, 6) is -0.918. The molecule has 0 aliphatic heterocycles. The second kappa shape index (κ2) is 12.2. The fraction of sp³-hybridized carbons (Fsp3) is 0.417. The highest BCUT2D eigenvalue weighted by Gasteiger charge is 2.32. The van der Waals surface area contributed by atoms with Gasteiger partial charge in [-0.15, -0.1) is 0 Å². The van der Waals surface area contributed by atoms with Crippen LogP contribution in [0.1, 0.15) is 38.2 Å². The van der Waals surface area contributed by atoms with Crippen molar-refractivity contribution >= 4 is 73.9 Å². The van der Waals surface area contributed by atoms with Gasteiger partial charge in [-0.3, -0.25) is 13.9 Å². The SMILES string of the molecule is C[C@H](C(=O)NC1CCCC1)N(Cc1ccc(Cl)c(Cl)c1)C(=O)CN(c1cc(Cl)ccc1Cl)S(C)(=O)=O. The number of amides is 2. The van der Waals surface area contributed by atoms with Crippen LogP contribution in [-0.2, 0) is 26.2 Å². The Morgan fingerprint density at radius 2 is 1.64 bits per heavy atom. The van der Waals surface area contributed by atoms with Gasteiger partial charge in [0, 0.05) is 17.6 Å². The fourth-order valence-corrected chi connectivity index (χ4v) is 5.69. The third kappa shape index (κ3) is 7.42. The van der Waals surface area contributed by atoms with Gasteiger partial charge in [-0.2, -0.15) is 0 Å². The Hall–Kier alpha value is -1.71. The zero-order chi connectivity index (χ0) is 26.6. The second-order valence-electron chi connectivity index (χ2n) is 8.80. The largest absolute Gasteiger partial charge is 0.352 e. The van der Waals surface area contributed by atoms with Crippen LogP contribution in [0.15, 0.2) is 36.4 Å². The molecule has 36 heavy (non-hydrogen) atoms. The number of hydrogen-bond acceptors (Lipinski definition) is 4. The van der Waals surface area contributed by atoms with E-state index in [-0.39, 0.29) is 34.2 Å². The average Bonchev–Trinajstić information content (AvgIpc) is 3.31. The lowest BCUT2D eigenvalue weighted by molar-refractivity contribution is -0.139. The summed E-state index contributed by atoms with van der Waals surface area (Å²) in [4.78, 5) is 28.0. The molecule has 2 aromatic carbocycles. The number of carbonyl (C=O) groups is 2. The number of nitrogens with one attached hydrogen (secondary N) is 1. The van der Waals surface area contributed by atoms with E-state index in [4.69, 9.17) is 46.4 Å². The molecule has 3 rings (SSSR count). The zero-order valence-corrected chi connectivity index (χ0v) is 23.6. The molecule has 1 N–H and O–H groups in total. The number of sulfonamides is 1. The van der Waals surface area contributed by atoms with Gasteiger partial charge in [-0.25, -0.2) is 8.42 Å². The van der Waals surface area contributed by atoms with Gasteiger partial charge in [0.05, 0.1) is 27.0 Å². The van der Waals surface area contributed by atoms with Crippen molar-refractivity contribution in [3.8, 4) is 0 Å². The lowest BCUT2D eigenvalue weighted by atomic mass is 10.1. The highest BCUT2D eigenvalue weighted by atomic mass is 35.5. The summed E-state index contributed by atoms with van der Waals surface area (Å²) >= 11 is 24.5. The summed E-state index contributed by atoms with van der Waals surface area (Å²) in [6.45, 7) is 1.04. The first-order chi connectivity index (χ1) is 16.9. The minimum Gasteiger partial charge on any atom is -0.352 e. The number of anilines is 1. The van der Waals surface area contributed by atoms with Crippen molar-refractivity contribution in [2.45, 2.75) is 51.2 Å². The van der Waals surface area contributed by atoms with Crippen LogP contribution in [0, 0.1) is 0 Å². The van der Waals surface area contributed by atoms with Crippen LogP contribution in [0.4, 0.5) is 5.69 Å². The summed E-state index contributed by atoms with van der Waals surface area (Å²) in [6, 6.07) is 8.40. The molecule has 1 fully saturated rings. The Morgan fingerprint density at radius 3 is 2.25 bits per heavy atom. The molecule has 1 saturated carbocycles. The molecule has 0 radical (unpaired) electrons. The van der Waals surface area contributed by atoms with Crippen LogP contribution < -0.4 is 9.62 Å². The van der Waals surface area contributed by atoms with E-state index in [0.717, 1.165) is 36.2 Å². The van der Waals surface area contributed by atoms with Crippen molar-refractivity contribution in [1.82, 2.24) is 10.2 Å². The van der Waals surface area contributed by atoms with E-state index >= 15 is 0 Å². The molecule has 0 aromatic heterocycles. The lowest BCUT2D eigenvalue weighted by Crippen LogP contribution is -2.52. The van der Waals surface area contributed by atoms with E-state index in [1.165, 1.54) is 23.1 Å². The number of nitrogens with zero attached hydrogens (tertiary/aromatic N) is 2. The molecule has 2 aromatic rings. The maximum absolute atomic E-state index is 13.6. The van der Waals surface area contributed by atoms with Gasteiger partial charge in [0.1, 0.15) is 12.6 Å². The molecular formula is C24H27Cl4N3O4S. The third-order valence-corrected chi connectivity index (χ3v) is 8.48. The molecule has 0 saturated heterocycles. The molecule has 196 valence electrons. The number of carbonyl (C=O) groups excluding carboxylic acids is 2. The number of rotatable bonds is 9. The normalized spacial score (nSPS) is 14.9. The maximum atomic E-state index is 13.6. The maximum Gasteiger partial charge on any atom is 0.244 e. The molecule has 0 bridgehead atoms. The van der Waals surface area contributed by atoms with E-state index in [2.05, 4.69) is 5.32 Å². The van der Waals surface area contributed by atoms with Crippen molar-refractivity contribution < 1.29 is 18.0 Å². The van der Waals surface area contributed by atoms with Crippen molar-refractivity contribution in [3.63, 3.8) is 0 Å². The first-order valence-corrected chi connectivity index (χ1v) is 14.7. The van der Waals surface area contributed by atoms with E-state index in [0.29, 0.717) is 15.6 Å². The predicted octanol–water partition coefficient (Wildman–Crippen LogP) is 5.54. The van der Waals surface area contributed by atoms with Crippen molar-refractivity contribution in [2.24, 2.45) is 0 Å². The molecule has 0 spiro atoms. The minimum atomic E-state index is -3.93. The molecule has 1 atom stereocenters. The van der Waals surface area contributed by atoms with Crippen LogP contribution in [-0.4, -0.2) is 50.0 Å². The number of benzene rings is 2. The summed E-state index contributed by atoms with van der Waals surface area (Å²) in [7, 11) is -3.93. The summed E-state index contributed by atoms with van der Waals surface area (Å²) in [5.41, 5.74) is 0.697. The van der Waals surface area contributed by atoms with E-state index < -0.39 is 28.5 Å². The quantitative estimate of drug-likeness (QED) is 0.413. The van der Waals surface area contributed by atoms with Crippen molar-refractivity contribution in [2.75, 3.05) is 17.1 Å². The minimum absolute atomic E-state index is 0.00978. The Labute approximate surface area is 231 Å². The van der Waals surface area contributed by atoms with Gasteiger partial charge in [-0.05, 0) is 55.7 Å². The lowest BCUT2D eigenvalue weighted by Gasteiger charge is -2.32. The van der Waals surface area contributed by atoms with Crippen LogP contribution >= 0.6 is 46.4 Å². The summed E-state index contributed by atoms with van der Waals surface area (Å²) in [6.07, 6.45) is 4.81. The predicted molar refractivity (Wildman–Crippen MR) is 146 cm³/mol. The van der Waals surface area contributed by atoms with Crippen LogP contribution in [0.2, 0.25) is 20.1 Å². The zero-order valence-electron chi connectivity index (χ0n) is 19.8. The van der Waals surface area contributed by atoms with Crippen LogP contribution in [0.5, 0.6) is 0 Å². The second-order valence-corrected chi connectivity index (χ2v) is 12.4. The fourth-order valence-electron chi connectivity index (χ4n) is 4.08. The standard InChI is InChI=1S/C24H27Cl4N3O4S/c1-15(24(33)29-18-5-3-4-6-18)30(13-16-7-9-19(26)21(28)11-16)23(32)14-31(36(2,34)35)22-12-17(25)8-10-20(22)27/h7-12,15,18H,3-6,13-14H2,1-2H3,(H,29,33)/t15-/m1/s1. The smallest absolute Gasteiger partial charge is 0.244 e. The van der Waals surface area contributed by atoms with E-state index in [1.54, 1.807) is 25.1 Å². The average molecular weight is 595 g/mol. The highest BCUT2D eigenvalue weighted by molar-refractivity contribution is 7.92. The van der Waals surface area contributed by atoms with Crippen LogP contribution in [0.25, 0.3) is 0 Å².